The van der Waals surface area contributed by atoms with Crippen molar-refractivity contribution in [3.8, 4) is 0 Å². The minimum Gasteiger partial charge on any atom is -0.338 e. The summed E-state index contributed by atoms with van der Waals surface area (Å²) in [6.45, 7) is 3.19. The molecule has 0 aliphatic carbocycles. The Balaban J connectivity index is 1.29. The summed E-state index contributed by atoms with van der Waals surface area (Å²) >= 11 is 0. The predicted molar refractivity (Wildman–Crippen MR) is 111 cm³/mol. The Morgan fingerprint density at radius 3 is 2.83 bits per heavy atom. The van der Waals surface area contributed by atoms with Gasteiger partial charge in [-0.15, -0.1) is 0 Å². The third kappa shape index (κ3) is 4.83. The lowest BCUT2D eigenvalue weighted by Gasteiger charge is -2.15. The molecule has 1 fully saturated rings. The average Bonchev–Trinajstić information content (AvgIpc) is 3.34. The molecule has 0 spiro atoms. The number of urea groups is 1. The molecule has 0 radical (unpaired) electrons. The maximum absolute atomic E-state index is 12.4. The van der Waals surface area contributed by atoms with Gasteiger partial charge in [0.15, 0.2) is 5.82 Å². The summed E-state index contributed by atoms with van der Waals surface area (Å²) in [5, 5.41) is 9.47. The summed E-state index contributed by atoms with van der Waals surface area (Å²) in [6.07, 6.45) is 0.354. The molecule has 8 heteroatoms. The molecule has 2 heterocycles. The molecule has 154 valence electrons. The number of carbonyl (C=O) groups excluding carboxylic acids is 2. The highest BCUT2D eigenvalue weighted by molar-refractivity contribution is 5.89. The molecule has 3 amide bonds. The Hall–Kier alpha value is -3.68. The number of aromatic nitrogens is 2. The summed E-state index contributed by atoms with van der Waals surface area (Å²) < 4.78 is 5.25. The van der Waals surface area contributed by atoms with Crippen molar-refractivity contribution in [3.63, 3.8) is 0 Å². The number of hydrogen-bond donors (Lipinski definition) is 2. The van der Waals surface area contributed by atoms with Crippen LogP contribution in [0.3, 0.4) is 0 Å². The third-order valence-corrected chi connectivity index (χ3v) is 4.96. The highest BCUT2D eigenvalue weighted by Crippen LogP contribution is 2.27. The van der Waals surface area contributed by atoms with Gasteiger partial charge >= 0.3 is 6.03 Å². The summed E-state index contributed by atoms with van der Waals surface area (Å²) in [7, 11) is 0. The number of anilines is 1. The van der Waals surface area contributed by atoms with Crippen LogP contribution in [0.5, 0.6) is 0 Å². The number of carbonyl (C=O) groups is 2. The predicted octanol–water partition coefficient (Wildman–Crippen LogP) is 3.22. The second-order valence-corrected chi connectivity index (χ2v) is 7.38. The zero-order chi connectivity index (χ0) is 20.9. The van der Waals surface area contributed by atoms with Gasteiger partial charge in [0.25, 0.3) is 0 Å². The van der Waals surface area contributed by atoms with Gasteiger partial charge in [0.1, 0.15) is 0 Å². The van der Waals surface area contributed by atoms with Crippen LogP contribution in [0.2, 0.25) is 0 Å². The fraction of sp³-hybridized carbons (Fsp3) is 0.273. The summed E-state index contributed by atoms with van der Waals surface area (Å²) in [4.78, 5) is 30.6. The normalized spacial score (nSPS) is 16.0. The first-order valence-corrected chi connectivity index (χ1v) is 9.82. The molecule has 1 aliphatic heterocycles. The van der Waals surface area contributed by atoms with E-state index in [1.807, 2.05) is 66.4 Å². The SMILES string of the molecule is Cc1cccc(NC(=O)NCc2nc(C3CC(=O)N(Cc4ccccc4)C3)no2)c1. The van der Waals surface area contributed by atoms with E-state index in [-0.39, 0.29) is 24.4 Å². The Labute approximate surface area is 174 Å². The topological polar surface area (TPSA) is 100 Å². The lowest BCUT2D eigenvalue weighted by atomic mass is 10.1. The van der Waals surface area contributed by atoms with Gasteiger partial charge < -0.3 is 20.1 Å². The largest absolute Gasteiger partial charge is 0.338 e. The molecule has 1 saturated heterocycles. The van der Waals surface area contributed by atoms with Crippen LogP contribution in [-0.2, 0) is 17.9 Å². The molecule has 1 aliphatic rings. The van der Waals surface area contributed by atoms with Crippen LogP contribution < -0.4 is 10.6 Å². The van der Waals surface area contributed by atoms with Gasteiger partial charge in [-0.1, -0.05) is 47.6 Å². The van der Waals surface area contributed by atoms with E-state index in [0.717, 1.165) is 11.1 Å². The quantitative estimate of drug-likeness (QED) is 0.656. The van der Waals surface area contributed by atoms with Crippen molar-refractivity contribution in [3.05, 3.63) is 77.4 Å². The fourth-order valence-electron chi connectivity index (χ4n) is 3.46. The molecular formula is C22H23N5O3. The summed E-state index contributed by atoms with van der Waals surface area (Å²) in [5.41, 5.74) is 2.85. The number of benzene rings is 2. The Bertz CT molecular complexity index is 1030. The highest BCUT2D eigenvalue weighted by atomic mass is 16.5. The zero-order valence-corrected chi connectivity index (χ0v) is 16.7. The van der Waals surface area contributed by atoms with Gasteiger partial charge in [0.2, 0.25) is 11.8 Å². The number of likely N-dealkylation sites (tertiary alicyclic amines) is 1. The van der Waals surface area contributed by atoms with Crippen LogP contribution in [0.25, 0.3) is 0 Å². The monoisotopic (exact) mass is 405 g/mol. The maximum Gasteiger partial charge on any atom is 0.319 e. The summed E-state index contributed by atoms with van der Waals surface area (Å²) in [6, 6.07) is 17.0. The van der Waals surface area contributed by atoms with E-state index in [4.69, 9.17) is 4.52 Å². The molecule has 0 bridgehead atoms. The van der Waals surface area contributed by atoms with Crippen molar-refractivity contribution in [1.29, 1.82) is 0 Å². The van der Waals surface area contributed by atoms with Crippen LogP contribution in [0.15, 0.2) is 59.1 Å². The number of aryl methyl sites for hydroxylation is 1. The highest BCUT2D eigenvalue weighted by Gasteiger charge is 2.33. The number of amides is 3. The number of nitrogens with one attached hydrogen (secondary N) is 2. The molecule has 3 aromatic rings. The van der Waals surface area contributed by atoms with Gasteiger partial charge in [-0.3, -0.25) is 4.79 Å². The average molecular weight is 405 g/mol. The molecular weight excluding hydrogens is 382 g/mol. The third-order valence-electron chi connectivity index (χ3n) is 4.96. The number of hydrogen-bond acceptors (Lipinski definition) is 5. The van der Waals surface area contributed by atoms with Crippen LogP contribution in [0.1, 0.15) is 35.2 Å². The van der Waals surface area contributed by atoms with Gasteiger partial charge in [-0.2, -0.15) is 4.98 Å². The van der Waals surface area contributed by atoms with Crippen molar-refractivity contribution in [2.45, 2.75) is 32.4 Å². The minimum atomic E-state index is -0.356. The molecule has 1 atom stereocenters. The first kappa shape index (κ1) is 19.6. The van der Waals surface area contributed by atoms with Gasteiger partial charge in [-0.25, -0.2) is 4.79 Å². The van der Waals surface area contributed by atoms with Crippen LogP contribution in [0, 0.1) is 6.92 Å². The minimum absolute atomic E-state index is 0.0749. The van der Waals surface area contributed by atoms with Crippen LogP contribution in [-0.4, -0.2) is 33.5 Å². The Kier molecular flexibility index (Phi) is 5.74. The first-order valence-electron chi connectivity index (χ1n) is 9.82. The van der Waals surface area contributed by atoms with Crippen molar-refractivity contribution in [1.82, 2.24) is 20.4 Å². The van der Waals surface area contributed by atoms with E-state index in [2.05, 4.69) is 20.8 Å². The molecule has 1 unspecified atom stereocenters. The Morgan fingerprint density at radius 1 is 1.20 bits per heavy atom. The van der Waals surface area contributed by atoms with Gasteiger partial charge in [-0.05, 0) is 30.2 Å². The first-order chi connectivity index (χ1) is 14.6. The lowest BCUT2D eigenvalue weighted by molar-refractivity contribution is -0.128. The van der Waals surface area contributed by atoms with Crippen molar-refractivity contribution in [2.24, 2.45) is 0 Å². The molecule has 30 heavy (non-hydrogen) atoms. The fourth-order valence-corrected chi connectivity index (χ4v) is 3.46. The molecule has 2 N–H and O–H groups in total. The van der Waals surface area contributed by atoms with Gasteiger partial charge in [0.05, 0.1) is 6.54 Å². The molecule has 4 rings (SSSR count). The van der Waals surface area contributed by atoms with E-state index < -0.39 is 0 Å². The number of nitrogens with zero attached hydrogens (tertiary/aromatic N) is 3. The van der Waals surface area contributed by atoms with E-state index in [9.17, 15) is 9.59 Å². The van der Waals surface area contributed by atoms with Gasteiger partial charge in [0, 0.05) is 31.1 Å². The standard InChI is InChI=1S/C22H23N5O3/c1-15-6-5-9-18(10-15)24-22(29)23-12-19-25-21(26-30-19)17-11-20(28)27(14-17)13-16-7-3-2-4-8-16/h2-10,17H,11-14H2,1H3,(H2,23,24,29). The second-order valence-electron chi connectivity index (χ2n) is 7.38. The molecule has 8 nitrogen and oxygen atoms in total. The van der Waals surface area contributed by atoms with Crippen molar-refractivity contribution < 1.29 is 14.1 Å². The van der Waals surface area contributed by atoms with E-state index >= 15 is 0 Å². The maximum atomic E-state index is 12.4. The van der Waals surface area contributed by atoms with Crippen molar-refractivity contribution >= 4 is 17.6 Å². The van der Waals surface area contributed by atoms with Crippen molar-refractivity contribution in [2.75, 3.05) is 11.9 Å². The van der Waals surface area contributed by atoms with Crippen LogP contribution >= 0.6 is 0 Å². The number of rotatable bonds is 6. The lowest BCUT2D eigenvalue weighted by Crippen LogP contribution is -2.28. The van der Waals surface area contributed by atoms with E-state index in [1.165, 1.54) is 0 Å². The van der Waals surface area contributed by atoms with E-state index in [0.29, 0.717) is 36.9 Å². The Morgan fingerprint density at radius 2 is 2.03 bits per heavy atom. The second kappa shape index (κ2) is 8.77. The van der Waals surface area contributed by atoms with Crippen LogP contribution in [0.4, 0.5) is 10.5 Å². The summed E-state index contributed by atoms with van der Waals surface area (Å²) in [5.74, 6) is 0.763. The smallest absolute Gasteiger partial charge is 0.319 e. The molecule has 1 aromatic heterocycles. The van der Waals surface area contributed by atoms with E-state index in [1.54, 1.807) is 0 Å². The molecule has 2 aromatic carbocycles. The zero-order valence-electron chi connectivity index (χ0n) is 16.7. The molecule has 0 saturated carbocycles.